The van der Waals surface area contributed by atoms with E-state index in [0.29, 0.717) is 17.4 Å². The molecule has 2 atom stereocenters. The second-order valence-corrected chi connectivity index (χ2v) is 24.6. The van der Waals surface area contributed by atoms with Crippen LogP contribution >= 0.6 is 7.82 Å². The summed E-state index contributed by atoms with van der Waals surface area (Å²) in [4.78, 5) is 35.8. The highest BCUT2D eigenvalue weighted by Gasteiger charge is 2.27. The Balaban J connectivity index is 4.14. The molecule has 0 aliphatic heterocycles. The highest BCUT2D eigenvalue weighted by Crippen LogP contribution is 2.43. The van der Waals surface area contributed by atoms with Crippen molar-refractivity contribution in [3.05, 3.63) is 146 Å². The second-order valence-electron chi connectivity index (χ2n) is 23.1. The molecule has 0 aromatic heterocycles. The Hall–Kier alpha value is -4.11. The van der Waals surface area contributed by atoms with Crippen molar-refractivity contribution in [2.75, 3.05) is 47.5 Å². The summed E-state index contributed by atoms with van der Waals surface area (Å²) in [6.07, 6.45) is 93.6. The fourth-order valence-electron chi connectivity index (χ4n) is 8.72. The van der Waals surface area contributed by atoms with E-state index in [9.17, 15) is 19.0 Å². The minimum absolute atomic E-state index is 0.0226. The molecule has 0 bridgehead atoms. The number of nitrogens with zero attached hydrogens (tertiary/aromatic N) is 1. The first-order chi connectivity index (χ1) is 41.0. The van der Waals surface area contributed by atoms with Gasteiger partial charge in [0.05, 0.1) is 27.7 Å². The van der Waals surface area contributed by atoms with Gasteiger partial charge in [0, 0.05) is 12.8 Å². The molecule has 0 spiro atoms. The lowest BCUT2D eigenvalue weighted by Crippen LogP contribution is -2.37. The molecule has 1 N–H and O–H groups in total. The van der Waals surface area contributed by atoms with Crippen LogP contribution in [0.1, 0.15) is 258 Å². The van der Waals surface area contributed by atoms with Crippen LogP contribution in [-0.2, 0) is 32.7 Å². The van der Waals surface area contributed by atoms with Crippen molar-refractivity contribution in [2.24, 2.45) is 0 Å². The molecule has 478 valence electrons. The average Bonchev–Trinajstić information content (AvgIpc) is 3.61. The molecule has 9 nitrogen and oxygen atoms in total. The molecule has 0 amide bonds. The zero-order valence-corrected chi connectivity index (χ0v) is 55.2. The summed E-state index contributed by atoms with van der Waals surface area (Å²) in [5.74, 6) is -0.817. The molecule has 0 aromatic carbocycles. The average molecular weight is 1190 g/mol. The van der Waals surface area contributed by atoms with Gasteiger partial charge in [-0.1, -0.05) is 269 Å². The molecule has 0 heterocycles. The van der Waals surface area contributed by atoms with Crippen molar-refractivity contribution in [2.45, 2.75) is 264 Å². The highest BCUT2D eigenvalue weighted by atomic mass is 31.2. The lowest BCUT2D eigenvalue weighted by Gasteiger charge is -2.24. The van der Waals surface area contributed by atoms with Gasteiger partial charge in [0.25, 0.3) is 0 Å². The second kappa shape index (κ2) is 63.4. The van der Waals surface area contributed by atoms with Crippen LogP contribution in [0.2, 0.25) is 0 Å². The Kier molecular flexibility index (Phi) is 60.3. The van der Waals surface area contributed by atoms with Crippen LogP contribution in [0.4, 0.5) is 0 Å². The number of ether oxygens (including phenoxy) is 2. The van der Waals surface area contributed by atoms with Crippen LogP contribution in [-0.4, -0.2) is 74.9 Å². The van der Waals surface area contributed by atoms with Crippen molar-refractivity contribution in [3.8, 4) is 0 Å². The van der Waals surface area contributed by atoms with E-state index in [1.807, 2.05) is 21.1 Å². The number of esters is 2. The van der Waals surface area contributed by atoms with Gasteiger partial charge in [0.15, 0.2) is 6.10 Å². The van der Waals surface area contributed by atoms with Crippen LogP contribution in [0, 0.1) is 0 Å². The summed E-state index contributed by atoms with van der Waals surface area (Å²) >= 11 is 0. The summed E-state index contributed by atoms with van der Waals surface area (Å²) in [7, 11) is 1.45. The molecular formula is C74H125NO8P+. The Labute approximate surface area is 516 Å². The number of rotatable bonds is 60. The first-order valence-electron chi connectivity index (χ1n) is 33.6. The third kappa shape index (κ3) is 67.0. The number of phosphoric ester groups is 1. The number of phosphoric acid groups is 1. The highest BCUT2D eigenvalue weighted by molar-refractivity contribution is 7.47. The number of hydrogen-bond acceptors (Lipinski definition) is 7. The molecule has 0 fully saturated rings. The maximum Gasteiger partial charge on any atom is 0.472 e. The van der Waals surface area contributed by atoms with Crippen molar-refractivity contribution < 1.29 is 42.1 Å². The predicted molar refractivity (Wildman–Crippen MR) is 362 cm³/mol. The minimum Gasteiger partial charge on any atom is -0.462 e. The van der Waals surface area contributed by atoms with Gasteiger partial charge in [0.1, 0.15) is 19.8 Å². The monoisotopic (exact) mass is 1190 g/mol. The molecule has 0 saturated carbocycles. The van der Waals surface area contributed by atoms with E-state index in [4.69, 9.17) is 18.5 Å². The quantitative estimate of drug-likeness (QED) is 0.0211. The zero-order valence-electron chi connectivity index (χ0n) is 54.3. The summed E-state index contributed by atoms with van der Waals surface area (Å²) < 4.78 is 34.6. The van der Waals surface area contributed by atoms with Crippen LogP contribution < -0.4 is 0 Å². The van der Waals surface area contributed by atoms with Gasteiger partial charge in [-0.05, 0) is 122 Å². The summed E-state index contributed by atoms with van der Waals surface area (Å²) in [6.45, 7) is 4.30. The van der Waals surface area contributed by atoms with E-state index < -0.39 is 26.5 Å². The molecular weight excluding hydrogens is 1060 g/mol. The third-order valence-electron chi connectivity index (χ3n) is 13.9. The van der Waals surface area contributed by atoms with E-state index in [1.54, 1.807) is 0 Å². The maximum atomic E-state index is 12.9. The predicted octanol–water partition coefficient (Wildman–Crippen LogP) is 21.8. The lowest BCUT2D eigenvalue weighted by molar-refractivity contribution is -0.870. The van der Waals surface area contributed by atoms with Gasteiger partial charge in [-0.25, -0.2) is 4.57 Å². The van der Waals surface area contributed by atoms with Crippen molar-refractivity contribution in [1.29, 1.82) is 0 Å². The van der Waals surface area contributed by atoms with Crippen molar-refractivity contribution in [3.63, 3.8) is 0 Å². The van der Waals surface area contributed by atoms with Crippen LogP contribution in [0.25, 0.3) is 0 Å². The van der Waals surface area contributed by atoms with Crippen LogP contribution in [0.15, 0.2) is 146 Å². The molecule has 0 rings (SSSR count). The smallest absolute Gasteiger partial charge is 0.462 e. The Bertz CT molecular complexity index is 1930. The fourth-order valence-corrected chi connectivity index (χ4v) is 9.46. The largest absolute Gasteiger partial charge is 0.472 e. The third-order valence-corrected chi connectivity index (χ3v) is 14.8. The fraction of sp³-hybridized carbons (Fsp3) is 0.649. The van der Waals surface area contributed by atoms with Gasteiger partial charge in [-0.2, -0.15) is 0 Å². The Morgan fingerprint density at radius 1 is 0.381 bits per heavy atom. The summed E-state index contributed by atoms with van der Waals surface area (Å²) in [5, 5.41) is 0. The SMILES string of the molecule is CC/C=C\C/C=C\C/C=C\C/C=C\C/C=C\C/C=C\C/C=C\C/C=C\C/C=C\C/C=C\C/C=C\CCCCCCCCCC(=O)OC(COC(=O)CCCCCCCCCCC/C=C\CCCCCCCC)COP(=O)(O)OCC[N+](C)(C)C. The first kappa shape index (κ1) is 79.9. The van der Waals surface area contributed by atoms with Gasteiger partial charge in [-0.15, -0.1) is 0 Å². The number of hydrogen-bond donors (Lipinski definition) is 1. The van der Waals surface area contributed by atoms with Crippen molar-refractivity contribution in [1.82, 2.24) is 0 Å². The standard InChI is InChI=1S/C74H124NO8P/c1-6-8-10-12-14-16-18-20-22-24-26-27-28-29-30-31-32-33-34-35-36-37-38-39-40-41-42-43-44-45-46-47-49-51-53-55-57-59-61-63-65-67-74(77)83-72(71-82-84(78,79)81-69-68-75(3,4)5)70-80-73(76)66-64-62-60-58-56-54-52-50-48-25-23-21-19-17-15-13-11-9-7-2/h8,10,14,16,20-23,26-27,29-30,32-33,35-36,38-39,41-42,44-45,47,49,72H,6-7,9,11-13,15,17-19,24-25,28,31,34,37,40,43,46,48,50-71H2,1-5H3/p+1/b10-8-,16-14-,22-20-,23-21-,27-26-,30-29-,33-32-,36-35-,39-38-,42-41-,45-44-,49-47-. The van der Waals surface area contributed by atoms with Gasteiger partial charge in [0.2, 0.25) is 0 Å². The Morgan fingerprint density at radius 2 is 0.679 bits per heavy atom. The van der Waals surface area contributed by atoms with E-state index in [2.05, 4.69) is 160 Å². The van der Waals surface area contributed by atoms with E-state index in [-0.39, 0.29) is 32.0 Å². The van der Waals surface area contributed by atoms with Crippen LogP contribution in [0.3, 0.4) is 0 Å². The lowest BCUT2D eigenvalue weighted by atomic mass is 10.1. The zero-order chi connectivity index (χ0) is 61.2. The molecule has 0 aliphatic rings. The molecule has 0 aromatic rings. The Morgan fingerprint density at radius 3 is 1.02 bits per heavy atom. The van der Waals surface area contributed by atoms with E-state index >= 15 is 0 Å². The number of unbranched alkanes of at least 4 members (excludes halogenated alkanes) is 22. The summed E-state index contributed by atoms with van der Waals surface area (Å²) in [6, 6.07) is 0. The number of likely N-dealkylation sites (N-methyl/N-ethyl adjacent to an activating group) is 1. The first-order valence-corrected chi connectivity index (χ1v) is 35.1. The summed E-state index contributed by atoms with van der Waals surface area (Å²) in [5.41, 5.74) is 0. The minimum atomic E-state index is -4.40. The number of allylic oxidation sites excluding steroid dienone is 24. The van der Waals surface area contributed by atoms with Crippen molar-refractivity contribution >= 4 is 19.8 Å². The number of carbonyl (C=O) groups is 2. The van der Waals surface area contributed by atoms with Crippen LogP contribution in [0.5, 0.6) is 0 Å². The molecule has 2 unspecified atom stereocenters. The maximum absolute atomic E-state index is 12.9. The molecule has 0 radical (unpaired) electrons. The topological polar surface area (TPSA) is 108 Å². The number of quaternary nitrogens is 1. The molecule has 10 heteroatoms. The molecule has 84 heavy (non-hydrogen) atoms. The van der Waals surface area contributed by atoms with E-state index in [1.165, 1.54) is 109 Å². The van der Waals surface area contributed by atoms with Gasteiger partial charge < -0.3 is 18.9 Å². The van der Waals surface area contributed by atoms with E-state index in [0.717, 1.165) is 116 Å². The normalized spacial score (nSPS) is 14.1. The van der Waals surface area contributed by atoms with Gasteiger partial charge >= 0.3 is 19.8 Å². The molecule has 0 saturated heterocycles. The number of carbonyl (C=O) groups excluding carboxylic acids is 2. The molecule has 0 aliphatic carbocycles. The van der Waals surface area contributed by atoms with Gasteiger partial charge in [-0.3, -0.25) is 18.6 Å².